The number of tetrazole rings is 1. The van der Waals surface area contributed by atoms with Crippen molar-refractivity contribution >= 4 is 18.4 Å². The molecule has 0 aromatic carbocycles. The first-order chi connectivity index (χ1) is 21.1. The van der Waals surface area contributed by atoms with Gasteiger partial charge in [-0.05, 0) is 17.3 Å². The van der Waals surface area contributed by atoms with Gasteiger partial charge in [-0.3, -0.25) is 14.6 Å². The van der Waals surface area contributed by atoms with Crippen molar-refractivity contribution in [3.05, 3.63) is 94.9 Å². The zero-order valence-corrected chi connectivity index (χ0v) is 22.9. The SMILES string of the molecule is COc1cc(C=O)c(OCc2cccnc2-c2nn[nH]n2)cn1.[C-]#[N+]c1ncccc1COc1cnc(OC)cc1C=O. The summed E-state index contributed by atoms with van der Waals surface area (Å²) in [6.07, 6.45) is 7.37. The van der Waals surface area contributed by atoms with Gasteiger partial charge in [-0.25, -0.2) is 9.97 Å². The average molecular weight is 582 g/mol. The van der Waals surface area contributed by atoms with Gasteiger partial charge < -0.3 is 23.8 Å². The molecule has 0 bridgehead atoms. The van der Waals surface area contributed by atoms with Gasteiger partial charge in [0.1, 0.15) is 36.6 Å². The summed E-state index contributed by atoms with van der Waals surface area (Å²) in [6, 6.07) is 10.1. The second kappa shape index (κ2) is 14.9. The number of carbonyl (C=O) groups is 2. The van der Waals surface area contributed by atoms with E-state index in [0.29, 0.717) is 64.0 Å². The predicted molar refractivity (Wildman–Crippen MR) is 149 cm³/mol. The lowest BCUT2D eigenvalue weighted by molar-refractivity contribution is 0.111. The molecule has 5 rings (SSSR count). The Morgan fingerprint density at radius 2 is 1.42 bits per heavy atom. The molecule has 15 nitrogen and oxygen atoms in total. The van der Waals surface area contributed by atoms with E-state index >= 15 is 0 Å². The first-order valence-electron chi connectivity index (χ1n) is 12.3. The average Bonchev–Trinajstić information content (AvgIpc) is 3.62. The maximum atomic E-state index is 11.2. The van der Waals surface area contributed by atoms with Crippen molar-refractivity contribution in [3.8, 4) is 34.8 Å². The van der Waals surface area contributed by atoms with Crippen LogP contribution in [0.4, 0.5) is 5.82 Å². The molecule has 1 N–H and O–H groups in total. The lowest BCUT2D eigenvalue weighted by Crippen LogP contribution is -2.03. The molecule has 5 heterocycles. The Morgan fingerprint density at radius 1 is 0.837 bits per heavy atom. The van der Waals surface area contributed by atoms with Crippen LogP contribution in [0.1, 0.15) is 31.8 Å². The molecular formula is C28H23N9O6. The molecule has 15 heteroatoms. The van der Waals surface area contributed by atoms with Gasteiger partial charge in [0.15, 0.2) is 12.6 Å². The Balaban J connectivity index is 0.000000199. The molecule has 0 saturated carbocycles. The molecule has 0 atom stereocenters. The van der Waals surface area contributed by atoms with E-state index < -0.39 is 0 Å². The van der Waals surface area contributed by atoms with E-state index in [2.05, 4.69) is 45.4 Å². The van der Waals surface area contributed by atoms with E-state index in [1.165, 1.54) is 38.7 Å². The van der Waals surface area contributed by atoms with Gasteiger partial charge in [0.25, 0.3) is 5.82 Å². The number of H-pyrrole nitrogens is 1. The standard InChI is InChI=1S/C14H12N6O3.C14H11N3O3/c1-22-12-5-10(7-21)11(6-16-12)23-8-9-3-2-4-15-13(9)14-17-19-20-18-14;1-15-14-10(4-3-5-16-14)9-20-12-7-17-13(19-2)6-11(12)8-18/h2-7H,8H2,1H3,(H,17,18,19,20);3-8H,9H2,2H3. The molecule has 0 aliphatic heterocycles. The fraction of sp³-hybridized carbons (Fsp3) is 0.143. The largest absolute Gasteiger partial charge is 0.488 e. The van der Waals surface area contributed by atoms with Gasteiger partial charge in [0.2, 0.25) is 17.6 Å². The van der Waals surface area contributed by atoms with Gasteiger partial charge in [0.05, 0.1) is 37.7 Å². The highest BCUT2D eigenvalue weighted by atomic mass is 16.5. The number of methoxy groups -OCH3 is 2. The van der Waals surface area contributed by atoms with Crippen molar-refractivity contribution in [1.82, 2.24) is 40.6 Å². The summed E-state index contributed by atoms with van der Waals surface area (Å²) in [4.78, 5) is 41.6. The third kappa shape index (κ3) is 7.67. The summed E-state index contributed by atoms with van der Waals surface area (Å²) in [5.41, 5.74) is 2.64. The number of ether oxygens (including phenoxy) is 4. The number of hydrogen-bond acceptors (Lipinski definition) is 13. The minimum Gasteiger partial charge on any atom is -0.488 e. The van der Waals surface area contributed by atoms with E-state index in [0.717, 1.165) is 5.56 Å². The van der Waals surface area contributed by atoms with Crippen molar-refractivity contribution in [2.45, 2.75) is 13.2 Å². The topological polar surface area (TPSA) is 181 Å². The zero-order chi connectivity index (χ0) is 30.4. The fourth-order valence-electron chi connectivity index (χ4n) is 3.50. The van der Waals surface area contributed by atoms with E-state index in [1.54, 1.807) is 30.6 Å². The lowest BCUT2D eigenvalue weighted by atomic mass is 10.2. The number of hydrogen-bond donors (Lipinski definition) is 1. The predicted octanol–water partition coefficient (Wildman–Crippen LogP) is 3.48. The lowest BCUT2D eigenvalue weighted by Gasteiger charge is -2.10. The molecule has 216 valence electrons. The third-order valence-corrected chi connectivity index (χ3v) is 5.61. The number of nitrogens with zero attached hydrogens (tertiary/aromatic N) is 8. The first kappa shape index (κ1) is 29.7. The maximum Gasteiger partial charge on any atom is 0.276 e. The van der Waals surface area contributed by atoms with Crippen LogP contribution in [0.5, 0.6) is 23.3 Å². The summed E-state index contributed by atoms with van der Waals surface area (Å²) in [5, 5.41) is 13.7. The number of carbonyl (C=O) groups excluding carboxylic acids is 2. The van der Waals surface area contributed by atoms with Gasteiger partial charge in [-0.15, -0.1) is 15.2 Å². The smallest absolute Gasteiger partial charge is 0.276 e. The molecule has 0 amide bonds. The van der Waals surface area contributed by atoms with Crippen molar-refractivity contribution < 1.29 is 28.5 Å². The summed E-state index contributed by atoms with van der Waals surface area (Å²) in [6.45, 7) is 7.33. The number of aldehydes is 2. The first-order valence-corrected chi connectivity index (χ1v) is 12.3. The van der Waals surface area contributed by atoms with Gasteiger partial charge in [0, 0.05) is 29.5 Å². The molecular weight excluding hydrogens is 558 g/mol. The Labute approximate surface area is 244 Å². The van der Waals surface area contributed by atoms with E-state index in [1.807, 2.05) is 6.07 Å². The summed E-state index contributed by atoms with van der Waals surface area (Å²) in [7, 11) is 2.94. The van der Waals surface area contributed by atoms with E-state index in [9.17, 15) is 9.59 Å². The second-order valence-corrected chi connectivity index (χ2v) is 8.19. The van der Waals surface area contributed by atoms with Crippen LogP contribution >= 0.6 is 0 Å². The molecule has 0 radical (unpaired) electrons. The van der Waals surface area contributed by atoms with Gasteiger partial charge in [-0.1, -0.05) is 18.7 Å². The van der Waals surface area contributed by atoms with Crippen LogP contribution < -0.4 is 18.9 Å². The highest BCUT2D eigenvalue weighted by Gasteiger charge is 2.13. The monoisotopic (exact) mass is 581 g/mol. The molecule has 43 heavy (non-hydrogen) atoms. The van der Waals surface area contributed by atoms with E-state index in [4.69, 9.17) is 25.5 Å². The quantitative estimate of drug-likeness (QED) is 0.177. The summed E-state index contributed by atoms with van der Waals surface area (Å²) in [5.74, 6) is 2.01. The molecule has 0 spiro atoms. The molecule has 0 aliphatic rings. The van der Waals surface area contributed by atoms with Gasteiger partial charge >= 0.3 is 0 Å². The number of aromatic amines is 1. The van der Waals surface area contributed by atoms with Crippen molar-refractivity contribution in [2.75, 3.05) is 14.2 Å². The minimum atomic E-state index is 0.139. The number of rotatable bonds is 11. The van der Waals surface area contributed by atoms with Crippen LogP contribution in [0.25, 0.3) is 16.4 Å². The maximum absolute atomic E-state index is 11.2. The van der Waals surface area contributed by atoms with E-state index in [-0.39, 0.29) is 19.0 Å². The zero-order valence-electron chi connectivity index (χ0n) is 22.9. The summed E-state index contributed by atoms with van der Waals surface area (Å²) < 4.78 is 21.1. The Bertz CT molecular complexity index is 1720. The highest BCUT2D eigenvalue weighted by Crippen LogP contribution is 2.24. The normalized spacial score (nSPS) is 9.98. The van der Waals surface area contributed by atoms with Crippen LogP contribution in [0.3, 0.4) is 0 Å². The minimum absolute atomic E-state index is 0.139. The second-order valence-electron chi connectivity index (χ2n) is 8.19. The Hall–Kier alpha value is -6.30. The third-order valence-electron chi connectivity index (χ3n) is 5.61. The Morgan fingerprint density at radius 3 is 1.95 bits per heavy atom. The van der Waals surface area contributed by atoms with Crippen LogP contribution in [-0.4, -0.2) is 67.4 Å². The molecule has 0 saturated heterocycles. The van der Waals surface area contributed by atoms with Crippen LogP contribution in [0, 0.1) is 6.57 Å². The number of aromatic nitrogens is 8. The number of pyridine rings is 4. The van der Waals surface area contributed by atoms with Crippen LogP contribution in [-0.2, 0) is 13.2 Å². The molecule has 0 aliphatic carbocycles. The molecule has 5 aromatic rings. The van der Waals surface area contributed by atoms with Crippen LogP contribution in [0.15, 0.2) is 61.2 Å². The molecule has 0 fully saturated rings. The van der Waals surface area contributed by atoms with Crippen molar-refractivity contribution in [1.29, 1.82) is 0 Å². The fourth-order valence-corrected chi connectivity index (χ4v) is 3.50. The summed E-state index contributed by atoms with van der Waals surface area (Å²) >= 11 is 0. The molecule has 5 aromatic heterocycles. The highest BCUT2D eigenvalue weighted by molar-refractivity contribution is 5.80. The number of nitrogens with one attached hydrogen (secondary N) is 1. The van der Waals surface area contributed by atoms with Crippen molar-refractivity contribution in [3.63, 3.8) is 0 Å². The van der Waals surface area contributed by atoms with Gasteiger partial charge in [-0.2, -0.15) is 5.21 Å². The van der Waals surface area contributed by atoms with Crippen LogP contribution in [0.2, 0.25) is 0 Å². The molecule has 0 unspecified atom stereocenters. The van der Waals surface area contributed by atoms with Crippen molar-refractivity contribution in [2.24, 2.45) is 0 Å². The Kier molecular flexibility index (Phi) is 10.3.